The van der Waals surface area contributed by atoms with Gasteiger partial charge in [0.25, 0.3) is 0 Å². The summed E-state index contributed by atoms with van der Waals surface area (Å²) in [6.45, 7) is 3.95. The van der Waals surface area contributed by atoms with Crippen molar-refractivity contribution >= 4 is 23.2 Å². The Labute approximate surface area is 122 Å². The summed E-state index contributed by atoms with van der Waals surface area (Å²) >= 11 is 11.9. The van der Waals surface area contributed by atoms with Crippen LogP contribution < -0.4 is 5.32 Å². The van der Waals surface area contributed by atoms with Gasteiger partial charge in [-0.05, 0) is 38.6 Å². The summed E-state index contributed by atoms with van der Waals surface area (Å²) in [4.78, 5) is 4.38. The fourth-order valence-electron chi connectivity index (χ4n) is 1.52. The predicted octanol–water partition coefficient (Wildman–Crippen LogP) is 3.42. The molecule has 4 nitrogen and oxygen atoms in total. The molecule has 0 aliphatic heterocycles. The number of nitrogens with one attached hydrogen (secondary N) is 1. The fraction of sp³-hybridized carbons (Fsp3) is 0.385. The van der Waals surface area contributed by atoms with Gasteiger partial charge in [0.05, 0.1) is 15.6 Å². The first kappa shape index (κ1) is 14.3. The van der Waals surface area contributed by atoms with E-state index < -0.39 is 0 Å². The quantitative estimate of drug-likeness (QED) is 0.940. The molecule has 1 aromatic carbocycles. The van der Waals surface area contributed by atoms with Crippen LogP contribution >= 0.6 is 23.2 Å². The molecule has 1 aromatic heterocycles. The van der Waals surface area contributed by atoms with E-state index in [9.17, 15) is 0 Å². The number of hydrogen-bond acceptors (Lipinski definition) is 4. The summed E-state index contributed by atoms with van der Waals surface area (Å²) in [5.74, 6) is 1.18. The Morgan fingerprint density at radius 2 is 2.00 bits per heavy atom. The van der Waals surface area contributed by atoms with Crippen LogP contribution in [0.3, 0.4) is 0 Å². The van der Waals surface area contributed by atoms with Crippen molar-refractivity contribution < 1.29 is 4.52 Å². The lowest BCUT2D eigenvalue weighted by Gasteiger charge is -2.17. The highest BCUT2D eigenvalue weighted by atomic mass is 35.5. The Morgan fingerprint density at radius 3 is 2.63 bits per heavy atom. The standard InChI is InChI=1S/C13H15Cl2N3O/c1-13(2,16-3)12-17-11(18-19-12)7-8-4-5-9(14)10(15)6-8/h4-6,16H,7H2,1-3H3. The van der Waals surface area contributed by atoms with Crippen molar-refractivity contribution in [2.75, 3.05) is 7.05 Å². The van der Waals surface area contributed by atoms with Gasteiger partial charge in [0, 0.05) is 6.42 Å². The minimum Gasteiger partial charge on any atom is -0.337 e. The number of rotatable bonds is 4. The van der Waals surface area contributed by atoms with Gasteiger partial charge >= 0.3 is 0 Å². The van der Waals surface area contributed by atoms with E-state index in [1.807, 2.05) is 33.0 Å². The highest BCUT2D eigenvalue weighted by Gasteiger charge is 2.25. The minimum absolute atomic E-state index is 0.344. The molecule has 0 unspecified atom stereocenters. The van der Waals surface area contributed by atoms with Gasteiger partial charge in [-0.3, -0.25) is 0 Å². The van der Waals surface area contributed by atoms with Crippen molar-refractivity contribution in [2.24, 2.45) is 0 Å². The highest BCUT2D eigenvalue weighted by molar-refractivity contribution is 6.42. The summed E-state index contributed by atoms with van der Waals surface area (Å²) in [7, 11) is 1.85. The number of hydrogen-bond donors (Lipinski definition) is 1. The monoisotopic (exact) mass is 299 g/mol. The molecular weight excluding hydrogens is 285 g/mol. The Balaban J connectivity index is 2.18. The molecule has 0 spiro atoms. The smallest absolute Gasteiger partial charge is 0.246 e. The molecule has 0 fully saturated rings. The molecule has 19 heavy (non-hydrogen) atoms. The molecule has 0 aliphatic rings. The number of aromatic nitrogens is 2. The molecule has 0 amide bonds. The summed E-state index contributed by atoms with van der Waals surface area (Å²) in [6.07, 6.45) is 0.556. The number of halogens is 2. The lowest BCUT2D eigenvalue weighted by molar-refractivity contribution is 0.279. The van der Waals surface area contributed by atoms with Crippen LogP contribution in [0, 0.1) is 0 Å². The van der Waals surface area contributed by atoms with Crippen LogP contribution in [-0.4, -0.2) is 17.2 Å². The van der Waals surface area contributed by atoms with Crippen LogP contribution in [0.25, 0.3) is 0 Å². The van der Waals surface area contributed by atoms with Gasteiger partial charge in [-0.25, -0.2) is 0 Å². The van der Waals surface area contributed by atoms with E-state index in [1.165, 1.54) is 0 Å². The molecule has 0 atom stereocenters. The second-order valence-electron chi connectivity index (χ2n) is 4.82. The van der Waals surface area contributed by atoms with Crippen LogP contribution in [0.4, 0.5) is 0 Å². The van der Waals surface area contributed by atoms with Crippen molar-refractivity contribution in [2.45, 2.75) is 25.8 Å². The SMILES string of the molecule is CNC(C)(C)c1nc(Cc2ccc(Cl)c(Cl)c2)no1. The third kappa shape index (κ3) is 3.26. The summed E-state index contributed by atoms with van der Waals surface area (Å²) in [5, 5.41) is 8.16. The summed E-state index contributed by atoms with van der Waals surface area (Å²) in [5.41, 5.74) is 0.645. The maximum absolute atomic E-state index is 5.97. The molecule has 102 valence electrons. The van der Waals surface area contributed by atoms with E-state index in [2.05, 4.69) is 15.5 Å². The van der Waals surface area contributed by atoms with Gasteiger partial charge in [-0.15, -0.1) is 0 Å². The van der Waals surface area contributed by atoms with Crippen molar-refractivity contribution in [1.82, 2.24) is 15.5 Å². The molecular formula is C13H15Cl2N3O. The number of benzene rings is 1. The normalized spacial score (nSPS) is 11.8. The first-order chi connectivity index (χ1) is 8.92. The Hall–Kier alpha value is -1.10. The average Bonchev–Trinajstić information content (AvgIpc) is 2.83. The van der Waals surface area contributed by atoms with Gasteiger partial charge in [-0.2, -0.15) is 4.98 Å². The van der Waals surface area contributed by atoms with Crippen LogP contribution in [0.1, 0.15) is 31.1 Å². The zero-order chi connectivity index (χ0) is 14.0. The first-order valence-electron chi connectivity index (χ1n) is 5.88. The summed E-state index contributed by atoms with van der Waals surface area (Å²) < 4.78 is 5.26. The Morgan fingerprint density at radius 1 is 1.26 bits per heavy atom. The molecule has 2 aromatic rings. The molecule has 6 heteroatoms. The lowest BCUT2D eigenvalue weighted by atomic mass is 10.1. The maximum Gasteiger partial charge on any atom is 0.246 e. The third-order valence-corrected chi connectivity index (χ3v) is 3.71. The van der Waals surface area contributed by atoms with Gasteiger partial charge in [0.2, 0.25) is 5.89 Å². The van der Waals surface area contributed by atoms with E-state index in [-0.39, 0.29) is 5.54 Å². The third-order valence-electron chi connectivity index (χ3n) is 2.97. The molecule has 0 aliphatic carbocycles. The molecule has 1 heterocycles. The topological polar surface area (TPSA) is 51.0 Å². The molecule has 0 radical (unpaired) electrons. The van der Waals surface area contributed by atoms with E-state index >= 15 is 0 Å². The van der Waals surface area contributed by atoms with Gasteiger partial charge in [-0.1, -0.05) is 34.4 Å². The van der Waals surface area contributed by atoms with E-state index in [0.29, 0.717) is 28.2 Å². The van der Waals surface area contributed by atoms with Crippen molar-refractivity contribution in [3.8, 4) is 0 Å². The minimum atomic E-state index is -0.344. The van der Waals surface area contributed by atoms with Gasteiger partial charge in [0.15, 0.2) is 5.82 Å². The van der Waals surface area contributed by atoms with E-state index in [1.54, 1.807) is 6.07 Å². The van der Waals surface area contributed by atoms with Crippen molar-refractivity contribution in [1.29, 1.82) is 0 Å². The van der Waals surface area contributed by atoms with E-state index in [4.69, 9.17) is 27.7 Å². The van der Waals surface area contributed by atoms with Gasteiger partial charge in [0.1, 0.15) is 0 Å². The predicted molar refractivity (Wildman–Crippen MR) is 75.7 cm³/mol. The van der Waals surface area contributed by atoms with Crippen LogP contribution in [0.15, 0.2) is 22.7 Å². The number of nitrogens with zero attached hydrogens (tertiary/aromatic N) is 2. The molecule has 0 saturated heterocycles. The molecule has 0 bridgehead atoms. The fourth-order valence-corrected chi connectivity index (χ4v) is 1.84. The Kier molecular flexibility index (Phi) is 4.13. The van der Waals surface area contributed by atoms with Crippen molar-refractivity contribution in [3.63, 3.8) is 0 Å². The van der Waals surface area contributed by atoms with Crippen LogP contribution in [0.2, 0.25) is 10.0 Å². The average molecular weight is 300 g/mol. The summed E-state index contributed by atoms with van der Waals surface area (Å²) in [6, 6.07) is 5.47. The second kappa shape index (κ2) is 5.49. The van der Waals surface area contributed by atoms with Gasteiger partial charge < -0.3 is 9.84 Å². The Bertz CT molecular complexity index is 581. The second-order valence-corrected chi connectivity index (χ2v) is 5.63. The van der Waals surface area contributed by atoms with Crippen LogP contribution in [0.5, 0.6) is 0 Å². The van der Waals surface area contributed by atoms with Crippen molar-refractivity contribution in [3.05, 3.63) is 45.5 Å². The highest BCUT2D eigenvalue weighted by Crippen LogP contribution is 2.24. The zero-order valence-corrected chi connectivity index (χ0v) is 12.5. The van der Waals surface area contributed by atoms with E-state index in [0.717, 1.165) is 5.56 Å². The van der Waals surface area contributed by atoms with Crippen LogP contribution in [-0.2, 0) is 12.0 Å². The zero-order valence-electron chi connectivity index (χ0n) is 11.0. The molecule has 0 saturated carbocycles. The largest absolute Gasteiger partial charge is 0.337 e. The lowest BCUT2D eigenvalue weighted by Crippen LogP contribution is -2.33. The first-order valence-corrected chi connectivity index (χ1v) is 6.64. The maximum atomic E-state index is 5.97. The molecule has 2 rings (SSSR count). The molecule has 1 N–H and O–H groups in total.